The molecule has 0 saturated carbocycles. The van der Waals surface area contributed by atoms with Crippen LogP contribution in [0, 0.1) is 6.92 Å². The van der Waals surface area contributed by atoms with E-state index < -0.39 is 46.4 Å². The van der Waals surface area contributed by atoms with Gasteiger partial charge in [0.05, 0.1) is 6.61 Å². The average Bonchev–Trinajstić information content (AvgIpc) is 3.03. The van der Waals surface area contributed by atoms with Gasteiger partial charge in [-0.1, -0.05) is 12.1 Å². The van der Waals surface area contributed by atoms with Crippen LogP contribution in [0.5, 0.6) is 11.6 Å². The molecule has 1 aliphatic heterocycles. The Morgan fingerprint density at radius 1 is 1.30 bits per heavy atom. The Morgan fingerprint density at radius 3 is 2.70 bits per heavy atom. The predicted octanol–water partition coefficient (Wildman–Crippen LogP) is 2.43. The van der Waals surface area contributed by atoms with Crippen LogP contribution < -0.4 is 19.5 Å². The van der Waals surface area contributed by atoms with Gasteiger partial charge in [-0.3, -0.25) is 5.32 Å². The number of hydrogen-bond acceptors (Lipinski definition) is 9. The van der Waals surface area contributed by atoms with Crippen LogP contribution in [0.3, 0.4) is 0 Å². The van der Waals surface area contributed by atoms with E-state index in [-0.39, 0.29) is 29.6 Å². The van der Waals surface area contributed by atoms with Crippen molar-refractivity contribution in [1.82, 2.24) is 14.7 Å². The van der Waals surface area contributed by atoms with Crippen molar-refractivity contribution in [2.75, 3.05) is 18.5 Å². The molecule has 0 aliphatic carbocycles. The molecule has 2 N–H and O–H groups in total. The molecule has 1 aromatic carbocycles. The Bertz CT molecular complexity index is 1120. The largest absolute Gasteiger partial charge is 0.489 e. The molecule has 0 spiro atoms. The highest BCUT2D eigenvalue weighted by atomic mass is 32.2. The molecule has 14 heteroatoms. The van der Waals surface area contributed by atoms with E-state index in [1.165, 1.54) is 25.1 Å². The van der Waals surface area contributed by atoms with E-state index >= 15 is 0 Å². The zero-order chi connectivity index (χ0) is 24.2. The summed E-state index contributed by atoms with van der Waals surface area (Å²) in [5, 5.41) is 2.07. The van der Waals surface area contributed by atoms with Gasteiger partial charge in [0.2, 0.25) is 11.8 Å². The van der Waals surface area contributed by atoms with Gasteiger partial charge in [0, 0.05) is 11.8 Å². The zero-order valence-electron chi connectivity index (χ0n) is 17.9. The second-order valence-electron chi connectivity index (χ2n) is 7.32. The van der Waals surface area contributed by atoms with E-state index in [9.17, 15) is 22.0 Å². The molecule has 2 aromatic rings. The number of halogens is 2. The van der Waals surface area contributed by atoms with Gasteiger partial charge in [0.15, 0.2) is 5.79 Å². The molecular formula is C19H22F2N4O7S. The molecule has 2 amide bonds. The number of urea groups is 1. The quantitative estimate of drug-likeness (QED) is 0.574. The maximum absolute atomic E-state index is 12.8. The van der Waals surface area contributed by atoms with E-state index in [0.29, 0.717) is 0 Å². The number of aryl methyl sites for hydroxylation is 1. The number of sulfonamides is 1. The maximum Gasteiger partial charge on any atom is 0.388 e. The number of alkyl halides is 2. The minimum Gasteiger partial charge on any atom is -0.489 e. The number of nitrogens with zero attached hydrogens (tertiary/aromatic N) is 2. The summed E-state index contributed by atoms with van der Waals surface area (Å²) < 4.78 is 73.0. The molecule has 1 aromatic heterocycles. The van der Waals surface area contributed by atoms with Gasteiger partial charge in [-0.05, 0) is 32.9 Å². The molecule has 2 heterocycles. The molecular weight excluding hydrogens is 466 g/mol. The van der Waals surface area contributed by atoms with Crippen molar-refractivity contribution in [3.63, 3.8) is 0 Å². The Hall–Kier alpha value is -3.10. The predicted molar refractivity (Wildman–Crippen MR) is 110 cm³/mol. The van der Waals surface area contributed by atoms with E-state index in [1.807, 2.05) is 0 Å². The Balaban J connectivity index is 1.68. The second-order valence-corrected chi connectivity index (χ2v) is 8.97. The monoisotopic (exact) mass is 488 g/mol. The van der Waals surface area contributed by atoms with E-state index in [4.69, 9.17) is 14.2 Å². The molecule has 1 saturated heterocycles. The Labute approximate surface area is 188 Å². The first kappa shape index (κ1) is 24.5. The number of carbonyl (C=O) groups is 1. The summed E-state index contributed by atoms with van der Waals surface area (Å²) in [6.45, 7) is 2.10. The van der Waals surface area contributed by atoms with Crippen molar-refractivity contribution < 1.29 is 40.9 Å². The second kappa shape index (κ2) is 9.80. The molecule has 3 rings (SSSR count). The number of nitrogens with one attached hydrogen (secondary N) is 2. The van der Waals surface area contributed by atoms with Gasteiger partial charge in [-0.15, -0.1) is 0 Å². The first-order valence-electron chi connectivity index (χ1n) is 9.61. The molecule has 1 aliphatic rings. The lowest BCUT2D eigenvalue weighted by molar-refractivity contribution is -0.141. The fourth-order valence-electron chi connectivity index (χ4n) is 2.87. The highest BCUT2D eigenvalue weighted by molar-refractivity contribution is 7.90. The normalized spacial score (nSPS) is 17.6. The fourth-order valence-corrected chi connectivity index (χ4v) is 3.93. The van der Waals surface area contributed by atoms with E-state index in [1.54, 1.807) is 24.6 Å². The first-order valence-corrected chi connectivity index (χ1v) is 11.1. The van der Waals surface area contributed by atoms with Crippen molar-refractivity contribution in [2.24, 2.45) is 0 Å². The molecule has 33 heavy (non-hydrogen) atoms. The summed E-state index contributed by atoms with van der Waals surface area (Å²) >= 11 is 0. The minimum atomic E-state index is -4.38. The van der Waals surface area contributed by atoms with Gasteiger partial charge < -0.3 is 18.9 Å². The summed E-state index contributed by atoms with van der Waals surface area (Å²) in [5.74, 6) is -1.69. The topological polar surface area (TPSA) is 138 Å². The molecule has 1 atom stereocenters. The van der Waals surface area contributed by atoms with Gasteiger partial charge in [0.1, 0.15) is 23.4 Å². The molecule has 1 fully saturated rings. The molecule has 0 bridgehead atoms. The first-order chi connectivity index (χ1) is 15.4. The van der Waals surface area contributed by atoms with Gasteiger partial charge in [0.25, 0.3) is 10.0 Å². The third kappa shape index (κ3) is 6.94. The summed E-state index contributed by atoms with van der Waals surface area (Å²) in [7, 11) is -4.38. The summed E-state index contributed by atoms with van der Waals surface area (Å²) in [5.41, 5.74) is 0.207. The SMILES string of the molecule is Cc1cc(OC(F)F)nc(NC(=O)NS(=O)(=O)c2ccccc2OCC2COC(C)(C)O2)n1. The number of anilines is 1. The van der Waals surface area contributed by atoms with Crippen LogP contribution in [0.4, 0.5) is 19.5 Å². The van der Waals surface area contributed by atoms with Crippen LogP contribution in [0.1, 0.15) is 19.5 Å². The Morgan fingerprint density at radius 2 is 2.03 bits per heavy atom. The smallest absolute Gasteiger partial charge is 0.388 e. The Kier molecular flexibility index (Phi) is 7.29. The zero-order valence-corrected chi connectivity index (χ0v) is 18.7. The number of ether oxygens (including phenoxy) is 4. The molecule has 1 unspecified atom stereocenters. The number of hydrogen-bond donors (Lipinski definition) is 2. The standard InChI is InChI=1S/C19H22F2N4O7S/c1-11-8-15(31-16(20)21)23-17(22-11)24-18(26)25-33(27,28)14-7-5-4-6-13(14)29-9-12-10-30-19(2,3)32-12/h4-8,12,16H,9-10H2,1-3H3,(H2,22,23,24,25,26). The fraction of sp³-hybridized carbons (Fsp3) is 0.421. The van der Waals surface area contributed by atoms with Crippen LogP contribution in [-0.4, -0.2) is 56.1 Å². The summed E-state index contributed by atoms with van der Waals surface area (Å²) in [6.07, 6.45) is -0.407. The van der Waals surface area contributed by atoms with Crippen molar-refractivity contribution in [2.45, 2.75) is 44.2 Å². The summed E-state index contributed by atoms with van der Waals surface area (Å²) in [6, 6.07) is 5.60. The van der Waals surface area contributed by atoms with Crippen LogP contribution in [0.2, 0.25) is 0 Å². The van der Waals surface area contributed by atoms with E-state index in [0.717, 1.165) is 6.07 Å². The van der Waals surface area contributed by atoms with Crippen LogP contribution in [0.25, 0.3) is 0 Å². The van der Waals surface area contributed by atoms with Gasteiger partial charge in [-0.2, -0.15) is 13.8 Å². The highest BCUT2D eigenvalue weighted by Gasteiger charge is 2.33. The lowest BCUT2D eigenvalue weighted by atomic mass is 10.3. The lowest BCUT2D eigenvalue weighted by Gasteiger charge is -2.18. The average molecular weight is 488 g/mol. The summed E-state index contributed by atoms with van der Waals surface area (Å²) in [4.78, 5) is 19.4. The number of rotatable bonds is 8. The number of para-hydroxylation sites is 1. The third-order valence-electron chi connectivity index (χ3n) is 4.12. The molecule has 0 radical (unpaired) electrons. The highest BCUT2D eigenvalue weighted by Crippen LogP contribution is 2.26. The van der Waals surface area contributed by atoms with Crippen molar-refractivity contribution >= 4 is 22.0 Å². The van der Waals surface area contributed by atoms with Gasteiger partial charge in [-0.25, -0.2) is 22.9 Å². The number of aromatic nitrogens is 2. The number of amides is 2. The van der Waals surface area contributed by atoms with Crippen molar-refractivity contribution in [3.05, 3.63) is 36.0 Å². The molecule has 11 nitrogen and oxygen atoms in total. The van der Waals surface area contributed by atoms with Crippen LogP contribution in [0.15, 0.2) is 35.2 Å². The van der Waals surface area contributed by atoms with Crippen molar-refractivity contribution in [3.8, 4) is 11.6 Å². The van der Waals surface area contributed by atoms with Gasteiger partial charge >= 0.3 is 12.6 Å². The number of benzene rings is 1. The molecule has 180 valence electrons. The lowest BCUT2D eigenvalue weighted by Crippen LogP contribution is -2.35. The number of carbonyl (C=O) groups excluding carboxylic acids is 1. The van der Waals surface area contributed by atoms with Crippen molar-refractivity contribution in [1.29, 1.82) is 0 Å². The minimum absolute atomic E-state index is 0.00877. The van der Waals surface area contributed by atoms with Crippen LogP contribution >= 0.6 is 0 Å². The van der Waals surface area contributed by atoms with E-state index in [2.05, 4.69) is 20.0 Å². The van der Waals surface area contributed by atoms with Crippen LogP contribution in [-0.2, 0) is 19.5 Å². The third-order valence-corrected chi connectivity index (χ3v) is 5.49. The maximum atomic E-state index is 12.8.